The molecule has 3 nitrogen and oxygen atoms in total. The van der Waals surface area contributed by atoms with Crippen LogP contribution in [0, 0.1) is 5.92 Å². The molecular weight excluding hydrogens is 390 g/mol. The number of aliphatic hydroxyl groups excluding tert-OH is 1. The highest BCUT2D eigenvalue weighted by Crippen LogP contribution is 2.41. The van der Waals surface area contributed by atoms with E-state index in [1.54, 1.807) is 11.3 Å². The molecule has 0 amide bonds. The van der Waals surface area contributed by atoms with E-state index in [2.05, 4.69) is 29.1 Å². The van der Waals surface area contributed by atoms with Crippen LogP contribution in [-0.4, -0.2) is 22.8 Å². The Morgan fingerprint density at radius 3 is 2.39 bits per heavy atom. The van der Waals surface area contributed by atoms with E-state index in [1.807, 2.05) is 30.3 Å². The van der Waals surface area contributed by atoms with E-state index >= 15 is 0 Å². The van der Waals surface area contributed by atoms with Crippen LogP contribution in [0.25, 0.3) is 0 Å². The molecule has 1 heterocycles. The number of benzene rings is 1. The first-order valence-corrected chi connectivity index (χ1v) is 11.4. The van der Waals surface area contributed by atoms with Gasteiger partial charge in [-0.2, -0.15) is 11.3 Å². The van der Waals surface area contributed by atoms with Crippen LogP contribution in [0.3, 0.4) is 0 Å². The van der Waals surface area contributed by atoms with Crippen molar-refractivity contribution in [3.05, 3.63) is 58.3 Å². The van der Waals surface area contributed by atoms with Gasteiger partial charge in [-0.1, -0.05) is 56.0 Å². The highest BCUT2D eigenvalue weighted by Gasteiger charge is 2.39. The number of quaternary nitrogens is 1. The van der Waals surface area contributed by atoms with Crippen LogP contribution >= 0.6 is 11.3 Å². The van der Waals surface area contributed by atoms with Crippen LogP contribution in [0.5, 0.6) is 0 Å². The Hall–Kier alpha value is -0.910. The first kappa shape index (κ1) is 23.4. The summed E-state index contributed by atoms with van der Waals surface area (Å²) in [6.07, 6.45) is 7.53. The van der Waals surface area contributed by atoms with E-state index in [4.69, 9.17) is 0 Å². The number of aliphatic hydroxyl groups is 2. The SMILES string of the molecule is CC([NH2+]CCC(O)(c1ccsc1)C1CCCCCC1)C(O)c1ccccc1.[Cl-]. The molecule has 0 aliphatic heterocycles. The molecule has 5 heteroatoms. The van der Waals surface area contributed by atoms with Crippen LogP contribution in [0.1, 0.15) is 69.1 Å². The average Bonchev–Trinajstić information content (AvgIpc) is 3.11. The monoisotopic (exact) mass is 423 g/mol. The van der Waals surface area contributed by atoms with Crippen molar-refractivity contribution in [2.45, 2.75) is 69.6 Å². The van der Waals surface area contributed by atoms with Gasteiger partial charge in [0, 0.05) is 6.42 Å². The molecule has 3 rings (SSSR count). The largest absolute Gasteiger partial charge is 1.00 e. The maximum Gasteiger partial charge on any atom is 0.130 e. The zero-order valence-corrected chi connectivity index (χ0v) is 18.3. The Bertz CT molecular complexity index is 659. The second-order valence-electron chi connectivity index (χ2n) is 8.11. The molecule has 3 atom stereocenters. The minimum atomic E-state index is -0.738. The maximum absolute atomic E-state index is 11.7. The Morgan fingerprint density at radius 1 is 1.11 bits per heavy atom. The van der Waals surface area contributed by atoms with Crippen molar-refractivity contribution in [1.82, 2.24) is 0 Å². The van der Waals surface area contributed by atoms with Gasteiger partial charge in [-0.15, -0.1) is 0 Å². The first-order valence-electron chi connectivity index (χ1n) is 10.4. The summed E-state index contributed by atoms with van der Waals surface area (Å²) in [7, 11) is 0. The van der Waals surface area contributed by atoms with E-state index in [1.165, 1.54) is 25.7 Å². The lowest BCUT2D eigenvalue weighted by molar-refractivity contribution is -0.696. The lowest BCUT2D eigenvalue weighted by Crippen LogP contribution is -3.00. The summed E-state index contributed by atoms with van der Waals surface area (Å²) in [5, 5.41) is 28.7. The molecule has 1 aliphatic carbocycles. The molecule has 0 bridgehead atoms. The summed E-state index contributed by atoms with van der Waals surface area (Å²) in [6, 6.07) is 12.0. The molecule has 4 N–H and O–H groups in total. The fraction of sp³-hybridized carbons (Fsp3) is 0.565. The zero-order valence-electron chi connectivity index (χ0n) is 16.8. The molecule has 0 spiro atoms. The smallest absolute Gasteiger partial charge is 0.130 e. The lowest BCUT2D eigenvalue weighted by atomic mass is 9.76. The van der Waals surface area contributed by atoms with Crippen molar-refractivity contribution in [2.75, 3.05) is 6.54 Å². The van der Waals surface area contributed by atoms with Gasteiger partial charge in [-0.25, -0.2) is 0 Å². The van der Waals surface area contributed by atoms with Gasteiger partial charge in [0.15, 0.2) is 0 Å². The highest BCUT2D eigenvalue weighted by molar-refractivity contribution is 7.08. The molecule has 28 heavy (non-hydrogen) atoms. The Morgan fingerprint density at radius 2 is 1.79 bits per heavy atom. The molecule has 0 saturated heterocycles. The number of halogens is 1. The molecule has 1 aliphatic rings. The third-order valence-electron chi connectivity index (χ3n) is 6.25. The summed E-state index contributed by atoms with van der Waals surface area (Å²) < 4.78 is 0. The van der Waals surface area contributed by atoms with Crippen LogP contribution < -0.4 is 17.7 Å². The van der Waals surface area contributed by atoms with Gasteiger partial charge in [0.25, 0.3) is 0 Å². The van der Waals surface area contributed by atoms with Gasteiger partial charge in [0.1, 0.15) is 12.1 Å². The molecule has 1 aromatic carbocycles. The fourth-order valence-electron chi connectivity index (χ4n) is 4.50. The maximum atomic E-state index is 11.7. The Balaban J connectivity index is 0.00000280. The van der Waals surface area contributed by atoms with Gasteiger partial charge >= 0.3 is 0 Å². The molecule has 0 radical (unpaired) electrons. The molecule has 3 unspecified atom stereocenters. The fourth-order valence-corrected chi connectivity index (χ4v) is 5.23. The van der Waals surface area contributed by atoms with Gasteiger partial charge in [0.05, 0.1) is 12.1 Å². The second kappa shape index (κ2) is 11.3. The van der Waals surface area contributed by atoms with E-state index in [0.717, 1.165) is 36.9 Å². The van der Waals surface area contributed by atoms with Crippen molar-refractivity contribution in [3.8, 4) is 0 Å². The van der Waals surface area contributed by atoms with E-state index in [9.17, 15) is 10.2 Å². The minimum Gasteiger partial charge on any atom is -1.00 e. The zero-order chi connectivity index (χ0) is 19.1. The Labute approximate surface area is 179 Å². The number of nitrogens with two attached hydrogens (primary N) is 1. The average molecular weight is 424 g/mol. The van der Waals surface area contributed by atoms with Gasteiger partial charge in [-0.05, 0) is 53.6 Å². The van der Waals surface area contributed by atoms with Gasteiger partial charge in [-0.3, -0.25) is 0 Å². The standard InChI is InChI=1S/C23H33NO2S.ClH/c1-18(22(25)19-9-5-4-6-10-19)24-15-14-23(26,21-13-16-27-17-21)20-11-7-2-3-8-12-20;/h4-6,9-10,13,16-18,20,22,24-26H,2-3,7-8,11-12,14-15H2,1H3;1H. The normalized spacial score (nSPS) is 19.8. The van der Waals surface area contributed by atoms with Crippen molar-refractivity contribution in [1.29, 1.82) is 0 Å². The topological polar surface area (TPSA) is 57.1 Å². The molecular formula is C23H34ClNO2S. The van der Waals surface area contributed by atoms with Crippen LogP contribution in [-0.2, 0) is 5.60 Å². The molecule has 156 valence electrons. The van der Waals surface area contributed by atoms with Crippen molar-refractivity contribution in [3.63, 3.8) is 0 Å². The van der Waals surface area contributed by atoms with Crippen LogP contribution in [0.15, 0.2) is 47.2 Å². The number of hydrogen-bond donors (Lipinski definition) is 3. The summed E-state index contributed by atoms with van der Waals surface area (Å²) in [5.41, 5.74) is 1.31. The van der Waals surface area contributed by atoms with E-state index < -0.39 is 11.7 Å². The predicted octanol–water partition coefficient (Wildman–Crippen LogP) is 0.986. The van der Waals surface area contributed by atoms with Gasteiger partial charge in [0.2, 0.25) is 0 Å². The number of hydrogen-bond acceptors (Lipinski definition) is 3. The highest BCUT2D eigenvalue weighted by atomic mass is 35.5. The Kier molecular flexibility index (Phi) is 9.45. The third-order valence-corrected chi connectivity index (χ3v) is 6.94. The molecule has 1 aromatic heterocycles. The number of thiophene rings is 1. The molecule has 2 aromatic rings. The summed E-state index contributed by atoms with van der Waals surface area (Å²) in [6.45, 7) is 2.88. The van der Waals surface area contributed by atoms with E-state index in [-0.39, 0.29) is 18.4 Å². The quantitative estimate of drug-likeness (QED) is 0.554. The van der Waals surface area contributed by atoms with Crippen molar-refractivity contribution in [2.24, 2.45) is 5.92 Å². The predicted molar refractivity (Wildman–Crippen MR) is 112 cm³/mol. The van der Waals surface area contributed by atoms with Crippen LogP contribution in [0.2, 0.25) is 0 Å². The summed E-state index contributed by atoms with van der Waals surface area (Å²) >= 11 is 1.67. The van der Waals surface area contributed by atoms with Crippen molar-refractivity contribution >= 4 is 11.3 Å². The van der Waals surface area contributed by atoms with Gasteiger partial charge < -0.3 is 27.9 Å². The summed E-state index contributed by atoms with van der Waals surface area (Å²) in [4.78, 5) is 0. The minimum absolute atomic E-state index is 0. The molecule has 1 fully saturated rings. The second-order valence-corrected chi connectivity index (χ2v) is 8.89. The first-order chi connectivity index (χ1) is 13.1. The van der Waals surface area contributed by atoms with Crippen molar-refractivity contribution < 1.29 is 27.9 Å². The number of rotatable bonds is 8. The van der Waals surface area contributed by atoms with Crippen LogP contribution in [0.4, 0.5) is 0 Å². The summed E-state index contributed by atoms with van der Waals surface area (Å²) in [5.74, 6) is 0.345. The van der Waals surface area contributed by atoms with E-state index in [0.29, 0.717) is 5.92 Å². The lowest BCUT2D eigenvalue weighted by Gasteiger charge is -2.36. The third kappa shape index (κ3) is 5.80. The molecule has 1 saturated carbocycles.